The summed E-state index contributed by atoms with van der Waals surface area (Å²) in [4.78, 5) is 0. The first kappa shape index (κ1) is 14.4. The van der Waals surface area contributed by atoms with Crippen LogP contribution in [0.1, 0.15) is 33.3 Å². The molecule has 0 aliphatic heterocycles. The molecule has 1 aromatic rings. The molecule has 0 amide bonds. The van der Waals surface area contributed by atoms with Gasteiger partial charge in [-0.1, -0.05) is 11.6 Å². The molecule has 4 heteroatoms. The van der Waals surface area contributed by atoms with Gasteiger partial charge in [0, 0.05) is 22.7 Å². The van der Waals surface area contributed by atoms with Crippen molar-refractivity contribution in [2.45, 2.75) is 45.4 Å². The third kappa shape index (κ3) is 3.66. The molecular weight excluding hydrogens is 241 g/mol. The van der Waals surface area contributed by atoms with Gasteiger partial charge in [-0.05, 0) is 45.9 Å². The zero-order valence-corrected chi connectivity index (χ0v) is 11.4. The van der Waals surface area contributed by atoms with Gasteiger partial charge in [-0.25, -0.2) is 4.39 Å². The summed E-state index contributed by atoms with van der Waals surface area (Å²) in [5, 5.41) is 13.6. The van der Waals surface area contributed by atoms with E-state index in [1.54, 1.807) is 19.9 Å². The zero-order valence-electron chi connectivity index (χ0n) is 10.6. The van der Waals surface area contributed by atoms with Gasteiger partial charge in [0.15, 0.2) is 0 Å². The van der Waals surface area contributed by atoms with Crippen LogP contribution in [0.25, 0.3) is 0 Å². The van der Waals surface area contributed by atoms with Gasteiger partial charge in [0.05, 0.1) is 5.60 Å². The van der Waals surface area contributed by atoms with E-state index in [2.05, 4.69) is 5.32 Å². The average Bonchev–Trinajstić information content (AvgIpc) is 2.18. The third-order valence-electron chi connectivity index (χ3n) is 3.26. The van der Waals surface area contributed by atoms with E-state index in [0.717, 1.165) is 0 Å². The van der Waals surface area contributed by atoms with E-state index >= 15 is 0 Å². The molecule has 1 aromatic carbocycles. The highest BCUT2D eigenvalue weighted by atomic mass is 35.5. The van der Waals surface area contributed by atoms with Crippen molar-refractivity contribution >= 4 is 11.6 Å². The van der Waals surface area contributed by atoms with Gasteiger partial charge in [-0.3, -0.25) is 0 Å². The zero-order chi connectivity index (χ0) is 13.3. The van der Waals surface area contributed by atoms with Crippen LogP contribution in [-0.4, -0.2) is 16.2 Å². The van der Waals surface area contributed by atoms with Crippen LogP contribution in [0.5, 0.6) is 0 Å². The fraction of sp³-hybridized carbons (Fsp3) is 0.538. The summed E-state index contributed by atoms with van der Waals surface area (Å²) in [6.45, 7) is 7.50. The monoisotopic (exact) mass is 259 g/mol. The number of aliphatic hydroxyl groups is 1. The number of nitrogens with one attached hydrogen (secondary N) is 1. The molecule has 17 heavy (non-hydrogen) atoms. The number of hydrogen-bond acceptors (Lipinski definition) is 2. The van der Waals surface area contributed by atoms with Gasteiger partial charge >= 0.3 is 0 Å². The van der Waals surface area contributed by atoms with Crippen molar-refractivity contribution in [1.29, 1.82) is 0 Å². The van der Waals surface area contributed by atoms with E-state index in [4.69, 9.17) is 11.6 Å². The molecule has 0 spiro atoms. The standard InChI is InChI=1S/C13H19ClFNO/c1-12(2,13(3,4)17)16-8-9-7-10(14)5-6-11(9)15/h5-7,16-17H,8H2,1-4H3. The van der Waals surface area contributed by atoms with Crippen molar-refractivity contribution in [3.8, 4) is 0 Å². The third-order valence-corrected chi connectivity index (χ3v) is 3.49. The quantitative estimate of drug-likeness (QED) is 0.871. The van der Waals surface area contributed by atoms with E-state index < -0.39 is 11.1 Å². The maximum absolute atomic E-state index is 13.5. The Balaban J connectivity index is 2.77. The molecule has 0 aliphatic rings. The Hall–Kier alpha value is -0.640. The van der Waals surface area contributed by atoms with Crippen LogP contribution in [0.15, 0.2) is 18.2 Å². The number of hydrogen-bond donors (Lipinski definition) is 2. The molecule has 0 saturated carbocycles. The fourth-order valence-electron chi connectivity index (χ4n) is 1.21. The van der Waals surface area contributed by atoms with E-state index in [-0.39, 0.29) is 5.82 Å². The molecule has 1 rings (SSSR count). The second kappa shape index (κ2) is 4.92. The van der Waals surface area contributed by atoms with Crippen LogP contribution in [0.4, 0.5) is 4.39 Å². The Morgan fingerprint density at radius 1 is 1.29 bits per heavy atom. The van der Waals surface area contributed by atoms with E-state index in [0.29, 0.717) is 17.1 Å². The van der Waals surface area contributed by atoms with Crippen LogP contribution in [0.3, 0.4) is 0 Å². The molecule has 0 fully saturated rings. The van der Waals surface area contributed by atoms with Gasteiger partial charge in [0.25, 0.3) is 0 Å². The maximum atomic E-state index is 13.5. The highest BCUT2D eigenvalue weighted by molar-refractivity contribution is 6.30. The molecule has 0 unspecified atom stereocenters. The minimum Gasteiger partial charge on any atom is -0.389 e. The SMILES string of the molecule is CC(C)(O)C(C)(C)NCc1cc(Cl)ccc1F. The van der Waals surface area contributed by atoms with Crippen LogP contribution in [0, 0.1) is 5.82 Å². The van der Waals surface area contributed by atoms with Gasteiger partial charge in [-0.15, -0.1) is 0 Å². The van der Waals surface area contributed by atoms with Gasteiger partial charge in [0.1, 0.15) is 5.82 Å². The molecule has 2 N–H and O–H groups in total. The van der Waals surface area contributed by atoms with Crippen LogP contribution >= 0.6 is 11.6 Å². The molecule has 0 atom stereocenters. The predicted octanol–water partition coefficient (Wildman–Crippen LogP) is 3.12. The smallest absolute Gasteiger partial charge is 0.127 e. The molecule has 0 saturated heterocycles. The number of rotatable bonds is 4. The largest absolute Gasteiger partial charge is 0.389 e. The summed E-state index contributed by atoms with van der Waals surface area (Å²) in [5.74, 6) is -0.298. The highest BCUT2D eigenvalue weighted by Gasteiger charge is 2.34. The van der Waals surface area contributed by atoms with E-state index in [9.17, 15) is 9.50 Å². The number of halogens is 2. The lowest BCUT2D eigenvalue weighted by Crippen LogP contribution is -2.55. The van der Waals surface area contributed by atoms with Crippen molar-refractivity contribution in [1.82, 2.24) is 5.32 Å². The predicted molar refractivity (Wildman–Crippen MR) is 68.6 cm³/mol. The molecule has 2 nitrogen and oxygen atoms in total. The van der Waals surface area contributed by atoms with Crippen molar-refractivity contribution in [3.05, 3.63) is 34.6 Å². The first-order chi connectivity index (χ1) is 7.63. The molecular formula is C13H19ClFNO. The second-order valence-corrected chi connectivity index (χ2v) is 5.71. The van der Waals surface area contributed by atoms with Gasteiger partial charge in [0.2, 0.25) is 0 Å². The Bertz CT molecular complexity index is 399. The normalized spacial score (nSPS) is 12.9. The van der Waals surface area contributed by atoms with Gasteiger partial charge < -0.3 is 10.4 Å². The molecule has 0 aliphatic carbocycles. The molecule has 0 bridgehead atoms. The maximum Gasteiger partial charge on any atom is 0.127 e. The summed E-state index contributed by atoms with van der Waals surface area (Å²) in [6.07, 6.45) is 0. The van der Waals surface area contributed by atoms with Crippen molar-refractivity contribution in [3.63, 3.8) is 0 Å². The summed E-state index contributed by atoms with van der Waals surface area (Å²) < 4.78 is 13.5. The van der Waals surface area contributed by atoms with Crippen LogP contribution in [-0.2, 0) is 6.54 Å². The lowest BCUT2D eigenvalue weighted by atomic mass is 9.86. The highest BCUT2D eigenvalue weighted by Crippen LogP contribution is 2.22. The van der Waals surface area contributed by atoms with Crippen molar-refractivity contribution in [2.75, 3.05) is 0 Å². The Morgan fingerprint density at radius 2 is 1.88 bits per heavy atom. The summed E-state index contributed by atoms with van der Waals surface area (Å²) in [5.41, 5.74) is -0.932. The van der Waals surface area contributed by atoms with Gasteiger partial charge in [-0.2, -0.15) is 0 Å². The number of benzene rings is 1. The Kier molecular flexibility index (Phi) is 4.18. The minimum absolute atomic E-state index is 0.298. The van der Waals surface area contributed by atoms with E-state index in [1.165, 1.54) is 12.1 Å². The lowest BCUT2D eigenvalue weighted by molar-refractivity contribution is -0.00543. The first-order valence-electron chi connectivity index (χ1n) is 5.55. The Labute approximate surface area is 107 Å². The van der Waals surface area contributed by atoms with Crippen molar-refractivity contribution < 1.29 is 9.50 Å². The fourth-order valence-corrected chi connectivity index (χ4v) is 1.41. The first-order valence-corrected chi connectivity index (χ1v) is 5.92. The molecule has 96 valence electrons. The summed E-state index contributed by atoms with van der Waals surface area (Å²) in [7, 11) is 0. The van der Waals surface area contributed by atoms with Crippen LogP contribution < -0.4 is 5.32 Å². The Morgan fingerprint density at radius 3 is 2.41 bits per heavy atom. The topological polar surface area (TPSA) is 32.3 Å². The van der Waals surface area contributed by atoms with Crippen molar-refractivity contribution in [2.24, 2.45) is 0 Å². The minimum atomic E-state index is -0.901. The van der Waals surface area contributed by atoms with Crippen LogP contribution in [0.2, 0.25) is 5.02 Å². The molecule has 0 heterocycles. The summed E-state index contributed by atoms with van der Waals surface area (Å²) in [6, 6.07) is 4.45. The lowest BCUT2D eigenvalue weighted by Gasteiger charge is -2.38. The summed E-state index contributed by atoms with van der Waals surface area (Å²) >= 11 is 5.81. The second-order valence-electron chi connectivity index (χ2n) is 5.27. The molecule has 0 radical (unpaired) electrons. The van der Waals surface area contributed by atoms with E-state index in [1.807, 2.05) is 13.8 Å². The average molecular weight is 260 g/mol. The molecule has 0 aromatic heterocycles.